The Balaban J connectivity index is 1.57. The Bertz CT molecular complexity index is 574. The van der Waals surface area contributed by atoms with Crippen molar-refractivity contribution in [3.63, 3.8) is 0 Å². The summed E-state index contributed by atoms with van der Waals surface area (Å²) in [5.41, 5.74) is 2.13. The van der Waals surface area contributed by atoms with Crippen LogP contribution in [0.5, 0.6) is 0 Å². The van der Waals surface area contributed by atoms with E-state index in [0.29, 0.717) is 19.8 Å². The molecule has 0 saturated carbocycles. The minimum absolute atomic E-state index is 0.184. The van der Waals surface area contributed by atoms with E-state index in [-0.39, 0.29) is 17.8 Å². The lowest BCUT2D eigenvalue weighted by atomic mass is 10.0. The van der Waals surface area contributed by atoms with Crippen LogP contribution in [0.25, 0.3) is 0 Å². The molecule has 2 aliphatic heterocycles. The Hall–Kier alpha value is -1.79. The van der Waals surface area contributed by atoms with Gasteiger partial charge in [-0.25, -0.2) is 4.79 Å². The fraction of sp³-hybridized carbons (Fsp3) is 0.650. The van der Waals surface area contributed by atoms with E-state index in [1.54, 1.807) is 0 Å². The van der Waals surface area contributed by atoms with Gasteiger partial charge in [0.1, 0.15) is 6.04 Å². The first-order valence-corrected chi connectivity index (χ1v) is 9.72. The highest BCUT2D eigenvalue weighted by Crippen LogP contribution is 2.33. The van der Waals surface area contributed by atoms with Crippen LogP contribution in [0.1, 0.15) is 39.5 Å². The van der Waals surface area contributed by atoms with Crippen LogP contribution in [0.15, 0.2) is 24.3 Å². The lowest BCUT2D eigenvalue weighted by molar-refractivity contribution is -0.169. The minimum atomic E-state index is -0.342. The van der Waals surface area contributed by atoms with E-state index in [2.05, 4.69) is 29.3 Å². The summed E-state index contributed by atoms with van der Waals surface area (Å²) in [7, 11) is 0. The molecule has 1 aromatic rings. The summed E-state index contributed by atoms with van der Waals surface area (Å²) in [6, 6.07) is 7.97. The Morgan fingerprint density at radius 2 is 1.85 bits per heavy atom. The van der Waals surface area contributed by atoms with E-state index in [1.165, 1.54) is 5.69 Å². The summed E-state index contributed by atoms with van der Waals surface area (Å²) in [5, 5.41) is 3.30. The summed E-state index contributed by atoms with van der Waals surface area (Å²) in [4.78, 5) is 14.4. The van der Waals surface area contributed by atoms with Crippen LogP contribution < -0.4 is 10.2 Å². The van der Waals surface area contributed by atoms with Crippen LogP contribution >= 0.6 is 0 Å². The van der Waals surface area contributed by atoms with Crippen LogP contribution in [0.3, 0.4) is 0 Å². The van der Waals surface area contributed by atoms with Crippen molar-refractivity contribution in [1.82, 2.24) is 0 Å². The second kappa shape index (κ2) is 8.73. The van der Waals surface area contributed by atoms with Gasteiger partial charge in [-0.1, -0.05) is 13.3 Å². The normalized spacial score (nSPS) is 20.2. The average Bonchev–Trinajstić information content (AvgIpc) is 3.11. The molecular formula is C20H30N2O4. The van der Waals surface area contributed by atoms with Gasteiger partial charge in [-0.2, -0.15) is 0 Å². The fourth-order valence-electron chi connectivity index (χ4n) is 3.64. The lowest BCUT2D eigenvalue weighted by Gasteiger charge is -2.38. The van der Waals surface area contributed by atoms with E-state index >= 15 is 0 Å². The Morgan fingerprint density at radius 1 is 1.19 bits per heavy atom. The van der Waals surface area contributed by atoms with E-state index < -0.39 is 0 Å². The monoisotopic (exact) mass is 362 g/mol. The molecule has 1 aromatic carbocycles. The zero-order valence-electron chi connectivity index (χ0n) is 15.8. The van der Waals surface area contributed by atoms with Gasteiger partial charge in [0.05, 0.1) is 19.8 Å². The van der Waals surface area contributed by atoms with Gasteiger partial charge in [0.25, 0.3) is 0 Å². The molecule has 0 aromatic heterocycles. The number of carbonyl (C=O) groups excluding carboxylic acids is 1. The molecule has 0 amide bonds. The smallest absolute Gasteiger partial charge is 0.328 e. The van der Waals surface area contributed by atoms with Crippen molar-refractivity contribution in [2.45, 2.75) is 51.4 Å². The Morgan fingerprint density at radius 3 is 2.42 bits per heavy atom. The van der Waals surface area contributed by atoms with Gasteiger partial charge in [-0.3, -0.25) is 0 Å². The van der Waals surface area contributed by atoms with Crippen LogP contribution in [0.2, 0.25) is 0 Å². The maximum absolute atomic E-state index is 12.1. The summed E-state index contributed by atoms with van der Waals surface area (Å²) >= 11 is 0. The molecule has 3 rings (SSSR count). The molecule has 2 saturated heterocycles. The first-order chi connectivity index (χ1) is 12.7. The number of nitrogens with one attached hydrogen (secondary N) is 1. The molecule has 0 bridgehead atoms. The van der Waals surface area contributed by atoms with Crippen molar-refractivity contribution in [3.05, 3.63) is 24.3 Å². The molecule has 1 unspecified atom stereocenters. The molecule has 0 aliphatic carbocycles. The highest BCUT2D eigenvalue weighted by atomic mass is 16.7. The van der Waals surface area contributed by atoms with Gasteiger partial charge in [0, 0.05) is 37.3 Å². The molecule has 2 fully saturated rings. The number of nitrogens with zero attached hydrogens (tertiary/aromatic N) is 1. The van der Waals surface area contributed by atoms with Crippen molar-refractivity contribution in [1.29, 1.82) is 0 Å². The maximum Gasteiger partial charge on any atom is 0.328 e. The van der Waals surface area contributed by atoms with Crippen molar-refractivity contribution in [2.24, 2.45) is 0 Å². The number of anilines is 2. The van der Waals surface area contributed by atoms with Gasteiger partial charge in [0.2, 0.25) is 0 Å². The Labute approximate surface area is 155 Å². The van der Waals surface area contributed by atoms with Crippen molar-refractivity contribution >= 4 is 17.3 Å². The van der Waals surface area contributed by atoms with Crippen molar-refractivity contribution in [3.8, 4) is 0 Å². The molecule has 6 nitrogen and oxygen atoms in total. The lowest BCUT2D eigenvalue weighted by Crippen LogP contribution is -2.45. The zero-order valence-corrected chi connectivity index (χ0v) is 15.8. The first kappa shape index (κ1) is 19.0. The molecule has 26 heavy (non-hydrogen) atoms. The quantitative estimate of drug-likeness (QED) is 0.752. The molecule has 1 atom stereocenters. The van der Waals surface area contributed by atoms with E-state index in [0.717, 1.165) is 44.5 Å². The van der Waals surface area contributed by atoms with E-state index in [9.17, 15) is 4.79 Å². The molecular weight excluding hydrogens is 332 g/mol. The van der Waals surface area contributed by atoms with Crippen LogP contribution in [0, 0.1) is 0 Å². The third kappa shape index (κ3) is 4.48. The van der Waals surface area contributed by atoms with E-state index in [1.807, 2.05) is 19.1 Å². The standard InChI is InChI=1S/C20H30N2O4/c1-3-5-18(19(23)24-4-2)21-16-6-8-17(9-7-16)22-12-10-20(11-13-22)25-14-15-26-20/h6-9,18,21H,3-5,10-15H2,1-2H3. The number of rotatable bonds is 7. The summed E-state index contributed by atoms with van der Waals surface area (Å²) < 4.78 is 16.7. The first-order valence-electron chi connectivity index (χ1n) is 9.72. The number of hydrogen-bond donors (Lipinski definition) is 1. The third-order valence-electron chi connectivity index (χ3n) is 5.06. The molecule has 2 heterocycles. The highest BCUT2D eigenvalue weighted by molar-refractivity contribution is 5.79. The second-order valence-electron chi connectivity index (χ2n) is 6.88. The molecule has 2 aliphatic rings. The zero-order chi connectivity index (χ0) is 18.4. The number of ether oxygens (including phenoxy) is 3. The molecule has 1 spiro atoms. The second-order valence-corrected chi connectivity index (χ2v) is 6.88. The fourth-order valence-corrected chi connectivity index (χ4v) is 3.64. The predicted molar refractivity (Wildman–Crippen MR) is 101 cm³/mol. The third-order valence-corrected chi connectivity index (χ3v) is 5.06. The van der Waals surface area contributed by atoms with Gasteiger partial charge >= 0.3 is 5.97 Å². The van der Waals surface area contributed by atoms with Crippen LogP contribution in [-0.4, -0.2) is 50.7 Å². The highest BCUT2D eigenvalue weighted by Gasteiger charge is 2.39. The topological polar surface area (TPSA) is 60.0 Å². The summed E-state index contributed by atoms with van der Waals surface area (Å²) in [6.45, 7) is 7.57. The number of piperidine rings is 1. The van der Waals surface area contributed by atoms with Crippen molar-refractivity contribution in [2.75, 3.05) is 43.1 Å². The van der Waals surface area contributed by atoms with Crippen LogP contribution in [-0.2, 0) is 19.0 Å². The van der Waals surface area contributed by atoms with Gasteiger partial charge in [0.15, 0.2) is 5.79 Å². The number of hydrogen-bond acceptors (Lipinski definition) is 6. The molecule has 1 N–H and O–H groups in total. The van der Waals surface area contributed by atoms with Crippen molar-refractivity contribution < 1.29 is 19.0 Å². The summed E-state index contributed by atoms with van der Waals surface area (Å²) in [6.07, 6.45) is 3.48. The largest absolute Gasteiger partial charge is 0.464 e. The number of carbonyl (C=O) groups is 1. The van der Waals surface area contributed by atoms with Gasteiger partial charge in [-0.15, -0.1) is 0 Å². The molecule has 144 valence electrons. The van der Waals surface area contributed by atoms with E-state index in [4.69, 9.17) is 14.2 Å². The summed E-state index contributed by atoms with van der Waals surface area (Å²) in [5.74, 6) is -0.526. The minimum Gasteiger partial charge on any atom is -0.464 e. The molecule has 6 heteroatoms. The SMILES string of the molecule is CCCC(Nc1ccc(N2CCC3(CC2)OCCO3)cc1)C(=O)OCC. The maximum atomic E-state index is 12.1. The van der Waals surface area contributed by atoms with Crippen LogP contribution in [0.4, 0.5) is 11.4 Å². The average molecular weight is 362 g/mol. The number of benzene rings is 1. The Kier molecular flexibility index (Phi) is 6.38. The van der Waals surface area contributed by atoms with Gasteiger partial charge < -0.3 is 24.4 Å². The van der Waals surface area contributed by atoms with Gasteiger partial charge in [-0.05, 0) is 37.6 Å². The molecule has 0 radical (unpaired) electrons. The number of esters is 1. The predicted octanol–water partition coefficient (Wildman–Crippen LogP) is 3.17.